The summed E-state index contributed by atoms with van der Waals surface area (Å²) in [5.74, 6) is 2.11. The SMILES string of the molecule is CO/N=C\c1c(N)ncnc1Oc1cc(OC)cc(OC)c1. The maximum Gasteiger partial charge on any atom is 0.233 e. The lowest BCUT2D eigenvalue weighted by Crippen LogP contribution is -2.02. The highest BCUT2D eigenvalue weighted by Gasteiger charge is 2.11. The van der Waals surface area contributed by atoms with Crippen molar-refractivity contribution in [1.82, 2.24) is 9.97 Å². The third-order valence-corrected chi connectivity index (χ3v) is 2.70. The van der Waals surface area contributed by atoms with Crippen LogP contribution in [0, 0.1) is 0 Å². The summed E-state index contributed by atoms with van der Waals surface area (Å²) in [7, 11) is 4.53. The van der Waals surface area contributed by atoms with Gasteiger partial charge in [-0.15, -0.1) is 0 Å². The predicted octanol–water partition coefficient (Wildman–Crippen LogP) is 1.85. The number of rotatable bonds is 6. The summed E-state index contributed by atoms with van der Waals surface area (Å²) in [4.78, 5) is 12.6. The molecule has 1 aromatic carbocycles. The quantitative estimate of drug-likeness (QED) is 0.642. The number of hydrogen-bond acceptors (Lipinski definition) is 8. The minimum atomic E-state index is 0.223. The van der Waals surface area contributed by atoms with Gasteiger partial charge in [-0.3, -0.25) is 0 Å². The number of anilines is 1. The van der Waals surface area contributed by atoms with E-state index in [1.54, 1.807) is 32.4 Å². The Morgan fingerprint density at radius 1 is 1.00 bits per heavy atom. The third kappa shape index (κ3) is 3.54. The average molecular weight is 304 g/mol. The van der Waals surface area contributed by atoms with Gasteiger partial charge in [-0.25, -0.2) is 9.97 Å². The van der Waals surface area contributed by atoms with Gasteiger partial charge >= 0.3 is 0 Å². The molecule has 0 atom stereocenters. The van der Waals surface area contributed by atoms with Gasteiger partial charge in [0, 0.05) is 18.2 Å². The van der Waals surface area contributed by atoms with Crippen LogP contribution in [0.1, 0.15) is 5.56 Å². The monoisotopic (exact) mass is 304 g/mol. The number of nitrogens with zero attached hydrogens (tertiary/aromatic N) is 3. The summed E-state index contributed by atoms with van der Waals surface area (Å²) in [5, 5.41) is 3.66. The van der Waals surface area contributed by atoms with Gasteiger partial charge in [-0.1, -0.05) is 5.16 Å². The highest BCUT2D eigenvalue weighted by molar-refractivity contribution is 5.88. The zero-order chi connectivity index (χ0) is 15.9. The van der Waals surface area contributed by atoms with Gasteiger partial charge in [0.05, 0.1) is 20.4 Å². The van der Waals surface area contributed by atoms with E-state index in [0.717, 1.165) is 0 Å². The second kappa shape index (κ2) is 7.11. The van der Waals surface area contributed by atoms with E-state index in [4.69, 9.17) is 19.9 Å². The Labute approximate surface area is 127 Å². The van der Waals surface area contributed by atoms with Crippen molar-refractivity contribution in [3.8, 4) is 23.1 Å². The normalized spacial score (nSPS) is 10.5. The molecule has 2 aromatic rings. The molecule has 8 heteroatoms. The summed E-state index contributed by atoms with van der Waals surface area (Å²) in [6, 6.07) is 5.12. The highest BCUT2D eigenvalue weighted by Crippen LogP contribution is 2.31. The Morgan fingerprint density at radius 2 is 1.64 bits per heavy atom. The molecule has 1 aromatic heterocycles. The van der Waals surface area contributed by atoms with Crippen LogP contribution < -0.4 is 19.9 Å². The second-order valence-electron chi connectivity index (χ2n) is 4.05. The molecule has 0 saturated carbocycles. The highest BCUT2D eigenvalue weighted by atomic mass is 16.6. The molecule has 0 spiro atoms. The Kier molecular flexibility index (Phi) is 4.97. The van der Waals surface area contributed by atoms with Crippen molar-refractivity contribution in [3.63, 3.8) is 0 Å². The number of methoxy groups -OCH3 is 2. The van der Waals surface area contributed by atoms with E-state index in [0.29, 0.717) is 22.8 Å². The van der Waals surface area contributed by atoms with Crippen molar-refractivity contribution in [2.45, 2.75) is 0 Å². The maximum atomic E-state index is 5.80. The van der Waals surface area contributed by atoms with Gasteiger partial charge in [0.15, 0.2) is 0 Å². The third-order valence-electron chi connectivity index (χ3n) is 2.70. The molecule has 1 heterocycles. The Morgan fingerprint density at radius 3 is 2.23 bits per heavy atom. The summed E-state index contributed by atoms with van der Waals surface area (Å²) in [6.45, 7) is 0. The predicted molar refractivity (Wildman–Crippen MR) is 80.7 cm³/mol. The minimum absolute atomic E-state index is 0.223. The van der Waals surface area contributed by atoms with Crippen LogP contribution in [0.4, 0.5) is 5.82 Å². The molecule has 0 radical (unpaired) electrons. The molecule has 0 saturated heterocycles. The van der Waals surface area contributed by atoms with Crippen molar-refractivity contribution in [1.29, 1.82) is 0 Å². The molecule has 0 bridgehead atoms. The molecule has 22 heavy (non-hydrogen) atoms. The molecule has 0 aliphatic rings. The topological polar surface area (TPSA) is 101 Å². The summed E-state index contributed by atoms with van der Waals surface area (Å²) in [6.07, 6.45) is 2.67. The van der Waals surface area contributed by atoms with Crippen LogP contribution in [0.15, 0.2) is 29.7 Å². The van der Waals surface area contributed by atoms with E-state index >= 15 is 0 Å². The van der Waals surface area contributed by atoms with Crippen LogP contribution in [0.5, 0.6) is 23.1 Å². The van der Waals surface area contributed by atoms with E-state index in [-0.39, 0.29) is 11.7 Å². The van der Waals surface area contributed by atoms with Crippen LogP contribution >= 0.6 is 0 Å². The first-order valence-corrected chi connectivity index (χ1v) is 6.26. The molecule has 0 fully saturated rings. The number of benzene rings is 1. The fourth-order valence-electron chi connectivity index (χ4n) is 1.65. The van der Waals surface area contributed by atoms with Gasteiger partial charge in [0.25, 0.3) is 0 Å². The number of oxime groups is 1. The lowest BCUT2D eigenvalue weighted by molar-refractivity contribution is 0.215. The van der Waals surface area contributed by atoms with Crippen molar-refractivity contribution in [3.05, 3.63) is 30.1 Å². The second-order valence-corrected chi connectivity index (χ2v) is 4.05. The Balaban J connectivity index is 2.38. The number of aromatic nitrogens is 2. The summed E-state index contributed by atoms with van der Waals surface area (Å²) < 4.78 is 16.1. The summed E-state index contributed by atoms with van der Waals surface area (Å²) in [5.41, 5.74) is 6.21. The molecule has 8 nitrogen and oxygen atoms in total. The van der Waals surface area contributed by atoms with Gasteiger partial charge < -0.3 is 24.8 Å². The zero-order valence-electron chi connectivity index (χ0n) is 12.4. The van der Waals surface area contributed by atoms with Crippen molar-refractivity contribution >= 4 is 12.0 Å². The smallest absolute Gasteiger partial charge is 0.233 e. The Bertz CT molecular complexity index is 654. The molecule has 2 N–H and O–H groups in total. The van der Waals surface area contributed by atoms with Crippen LogP contribution in [-0.2, 0) is 4.84 Å². The van der Waals surface area contributed by atoms with E-state index in [1.807, 2.05) is 0 Å². The van der Waals surface area contributed by atoms with Gasteiger partial charge in [0.1, 0.15) is 42.1 Å². The molecule has 116 valence electrons. The molecule has 0 unspecified atom stereocenters. The number of nitrogens with two attached hydrogens (primary N) is 1. The molecule has 0 aliphatic heterocycles. The molecular formula is C14H16N4O4. The first-order valence-electron chi connectivity index (χ1n) is 6.26. The van der Waals surface area contributed by atoms with Crippen LogP contribution in [0.3, 0.4) is 0 Å². The van der Waals surface area contributed by atoms with E-state index in [9.17, 15) is 0 Å². The van der Waals surface area contributed by atoms with Crippen molar-refractivity contribution in [2.75, 3.05) is 27.1 Å². The number of ether oxygens (including phenoxy) is 3. The fraction of sp³-hybridized carbons (Fsp3) is 0.214. The zero-order valence-corrected chi connectivity index (χ0v) is 12.4. The van der Waals surface area contributed by atoms with Crippen LogP contribution in [0.25, 0.3) is 0 Å². The lowest BCUT2D eigenvalue weighted by Gasteiger charge is -2.11. The molecule has 0 amide bonds. The van der Waals surface area contributed by atoms with E-state index in [1.165, 1.54) is 19.7 Å². The van der Waals surface area contributed by atoms with Gasteiger partial charge in [-0.2, -0.15) is 0 Å². The minimum Gasteiger partial charge on any atom is -0.496 e. The van der Waals surface area contributed by atoms with Crippen LogP contribution in [0.2, 0.25) is 0 Å². The fourth-order valence-corrected chi connectivity index (χ4v) is 1.65. The lowest BCUT2D eigenvalue weighted by atomic mass is 10.3. The van der Waals surface area contributed by atoms with E-state index < -0.39 is 0 Å². The van der Waals surface area contributed by atoms with Crippen molar-refractivity contribution < 1.29 is 19.0 Å². The number of hydrogen-bond donors (Lipinski definition) is 1. The van der Waals surface area contributed by atoms with E-state index in [2.05, 4.69) is 20.0 Å². The Hall–Kier alpha value is -3.03. The molecular weight excluding hydrogens is 288 g/mol. The molecule has 2 rings (SSSR count). The average Bonchev–Trinajstić information content (AvgIpc) is 2.54. The van der Waals surface area contributed by atoms with Gasteiger partial charge in [-0.05, 0) is 0 Å². The summed E-state index contributed by atoms with van der Waals surface area (Å²) >= 11 is 0. The number of nitrogen functional groups attached to an aromatic ring is 1. The van der Waals surface area contributed by atoms with Crippen molar-refractivity contribution in [2.24, 2.45) is 5.16 Å². The molecule has 0 aliphatic carbocycles. The maximum absolute atomic E-state index is 5.80. The van der Waals surface area contributed by atoms with Crippen LogP contribution in [-0.4, -0.2) is 37.5 Å². The first-order chi connectivity index (χ1) is 10.7. The first kappa shape index (κ1) is 15.4. The van der Waals surface area contributed by atoms with Gasteiger partial charge in [0.2, 0.25) is 5.88 Å². The largest absolute Gasteiger partial charge is 0.496 e. The standard InChI is InChI=1S/C14H16N4O4/c1-19-9-4-10(20-2)6-11(5-9)22-14-12(7-18-21-3)13(15)16-8-17-14/h4-8H,1-3H3,(H2,15,16,17)/b18-7-.